The molecular formula is C20H19N5O3S. The fourth-order valence-corrected chi connectivity index (χ4v) is 3.80. The fourth-order valence-electron chi connectivity index (χ4n) is 2.97. The standard InChI is InChI=1S/C20H19N5O3S/c1-28-17-8-7-15(11-21-17)22-18(26)16-13-29-19(23-16)25-10-9-24(20(25)27)12-14-5-3-2-4-6-14/h2-8,11,13H,9-10,12H2,1H3,(H,22,26). The number of nitrogens with zero attached hydrogens (tertiary/aromatic N) is 4. The largest absolute Gasteiger partial charge is 0.481 e. The van der Waals surface area contributed by atoms with Crippen molar-refractivity contribution in [3.8, 4) is 5.88 Å². The van der Waals surface area contributed by atoms with Gasteiger partial charge in [0.25, 0.3) is 5.91 Å². The number of methoxy groups -OCH3 is 1. The van der Waals surface area contributed by atoms with Crippen LogP contribution in [-0.2, 0) is 6.54 Å². The lowest BCUT2D eigenvalue weighted by Crippen LogP contribution is -2.31. The Labute approximate surface area is 171 Å². The summed E-state index contributed by atoms with van der Waals surface area (Å²) < 4.78 is 5.00. The Morgan fingerprint density at radius 2 is 2.03 bits per heavy atom. The van der Waals surface area contributed by atoms with Crippen molar-refractivity contribution in [2.24, 2.45) is 0 Å². The summed E-state index contributed by atoms with van der Waals surface area (Å²) in [5.41, 5.74) is 1.88. The summed E-state index contributed by atoms with van der Waals surface area (Å²) in [6.07, 6.45) is 1.51. The lowest BCUT2D eigenvalue weighted by atomic mass is 10.2. The van der Waals surface area contributed by atoms with Crippen molar-refractivity contribution in [3.63, 3.8) is 0 Å². The van der Waals surface area contributed by atoms with Gasteiger partial charge in [-0.3, -0.25) is 9.69 Å². The van der Waals surface area contributed by atoms with Gasteiger partial charge in [-0.2, -0.15) is 0 Å². The number of hydrogen-bond donors (Lipinski definition) is 1. The molecule has 0 spiro atoms. The highest BCUT2D eigenvalue weighted by molar-refractivity contribution is 7.14. The van der Waals surface area contributed by atoms with Crippen molar-refractivity contribution in [2.75, 3.05) is 30.4 Å². The molecule has 1 N–H and O–H groups in total. The van der Waals surface area contributed by atoms with E-state index >= 15 is 0 Å². The fraction of sp³-hybridized carbons (Fsp3) is 0.200. The molecule has 3 heterocycles. The van der Waals surface area contributed by atoms with Gasteiger partial charge in [0.1, 0.15) is 5.69 Å². The van der Waals surface area contributed by atoms with Gasteiger partial charge in [-0.15, -0.1) is 11.3 Å². The summed E-state index contributed by atoms with van der Waals surface area (Å²) in [5, 5.41) is 4.90. The smallest absolute Gasteiger partial charge is 0.326 e. The predicted octanol–water partition coefficient (Wildman–Crippen LogP) is 3.24. The molecular weight excluding hydrogens is 390 g/mol. The van der Waals surface area contributed by atoms with Crippen LogP contribution >= 0.6 is 11.3 Å². The van der Waals surface area contributed by atoms with Gasteiger partial charge in [0.05, 0.1) is 19.0 Å². The molecule has 0 aliphatic carbocycles. The Balaban J connectivity index is 1.40. The van der Waals surface area contributed by atoms with E-state index in [2.05, 4.69) is 15.3 Å². The van der Waals surface area contributed by atoms with Gasteiger partial charge in [0.15, 0.2) is 5.13 Å². The second-order valence-corrected chi connectivity index (χ2v) is 7.24. The van der Waals surface area contributed by atoms with Gasteiger partial charge in [-0.1, -0.05) is 30.3 Å². The summed E-state index contributed by atoms with van der Waals surface area (Å²) >= 11 is 1.27. The van der Waals surface area contributed by atoms with Crippen molar-refractivity contribution in [1.82, 2.24) is 14.9 Å². The summed E-state index contributed by atoms with van der Waals surface area (Å²) in [6, 6.07) is 13.1. The van der Waals surface area contributed by atoms with E-state index in [-0.39, 0.29) is 17.6 Å². The summed E-state index contributed by atoms with van der Waals surface area (Å²) in [7, 11) is 1.53. The third-order valence-electron chi connectivity index (χ3n) is 4.47. The molecule has 1 aliphatic rings. The molecule has 0 unspecified atom stereocenters. The van der Waals surface area contributed by atoms with E-state index < -0.39 is 0 Å². The maximum Gasteiger partial charge on any atom is 0.326 e. The number of carbonyl (C=O) groups excluding carboxylic acids is 2. The number of ether oxygens (including phenoxy) is 1. The normalized spacial score (nSPS) is 13.6. The maximum absolute atomic E-state index is 12.7. The van der Waals surface area contributed by atoms with E-state index in [0.717, 1.165) is 5.56 Å². The average molecular weight is 409 g/mol. The first-order chi connectivity index (χ1) is 14.1. The molecule has 3 amide bonds. The highest BCUT2D eigenvalue weighted by atomic mass is 32.1. The van der Waals surface area contributed by atoms with Crippen LogP contribution in [0.1, 0.15) is 16.1 Å². The quantitative estimate of drug-likeness (QED) is 0.675. The summed E-state index contributed by atoms with van der Waals surface area (Å²) in [4.78, 5) is 37.0. The second kappa shape index (κ2) is 8.27. The van der Waals surface area contributed by atoms with E-state index in [1.165, 1.54) is 24.6 Å². The number of carbonyl (C=O) groups is 2. The Morgan fingerprint density at radius 1 is 1.21 bits per heavy atom. The molecule has 148 valence electrons. The lowest BCUT2D eigenvalue weighted by Gasteiger charge is -2.16. The molecule has 8 nitrogen and oxygen atoms in total. The third-order valence-corrected chi connectivity index (χ3v) is 5.33. The monoisotopic (exact) mass is 409 g/mol. The molecule has 0 saturated carbocycles. The molecule has 2 aromatic heterocycles. The first-order valence-electron chi connectivity index (χ1n) is 9.01. The number of benzene rings is 1. The van der Waals surface area contributed by atoms with Crippen molar-refractivity contribution >= 4 is 34.1 Å². The highest BCUT2D eigenvalue weighted by Crippen LogP contribution is 2.26. The number of aromatic nitrogens is 2. The Morgan fingerprint density at radius 3 is 2.76 bits per heavy atom. The number of anilines is 2. The van der Waals surface area contributed by atoms with Gasteiger partial charge in [-0.25, -0.2) is 14.8 Å². The van der Waals surface area contributed by atoms with E-state index in [1.54, 1.807) is 27.3 Å². The van der Waals surface area contributed by atoms with Crippen molar-refractivity contribution < 1.29 is 14.3 Å². The Kier molecular flexibility index (Phi) is 5.39. The predicted molar refractivity (Wildman–Crippen MR) is 110 cm³/mol. The molecule has 4 rings (SSSR count). The van der Waals surface area contributed by atoms with E-state index in [0.29, 0.717) is 36.3 Å². The molecule has 1 aromatic carbocycles. The molecule has 0 radical (unpaired) electrons. The molecule has 0 bridgehead atoms. The molecule has 1 aliphatic heterocycles. The minimum Gasteiger partial charge on any atom is -0.481 e. The maximum atomic E-state index is 12.7. The van der Waals surface area contributed by atoms with Crippen molar-refractivity contribution in [2.45, 2.75) is 6.54 Å². The molecule has 1 saturated heterocycles. The molecule has 9 heteroatoms. The van der Waals surface area contributed by atoms with Crippen molar-refractivity contribution in [3.05, 3.63) is 65.3 Å². The first kappa shape index (κ1) is 18.9. The van der Waals surface area contributed by atoms with Crippen LogP contribution in [0.5, 0.6) is 5.88 Å². The van der Waals surface area contributed by atoms with Gasteiger partial charge < -0.3 is 15.0 Å². The van der Waals surface area contributed by atoms with Gasteiger partial charge in [0, 0.05) is 31.1 Å². The van der Waals surface area contributed by atoms with E-state index in [1.807, 2.05) is 30.3 Å². The number of pyridine rings is 1. The zero-order chi connectivity index (χ0) is 20.2. The topological polar surface area (TPSA) is 87.7 Å². The van der Waals surface area contributed by atoms with Gasteiger partial charge >= 0.3 is 6.03 Å². The molecule has 29 heavy (non-hydrogen) atoms. The van der Waals surface area contributed by atoms with Crippen LogP contribution in [0.2, 0.25) is 0 Å². The third kappa shape index (κ3) is 4.19. The van der Waals surface area contributed by atoms with Gasteiger partial charge in [0.2, 0.25) is 5.88 Å². The zero-order valence-electron chi connectivity index (χ0n) is 15.7. The van der Waals surface area contributed by atoms with Crippen molar-refractivity contribution in [1.29, 1.82) is 0 Å². The summed E-state index contributed by atoms with van der Waals surface area (Å²) in [6.45, 7) is 1.72. The first-order valence-corrected chi connectivity index (χ1v) is 9.89. The van der Waals surface area contributed by atoms with Crippen LogP contribution in [0.15, 0.2) is 54.0 Å². The van der Waals surface area contributed by atoms with Gasteiger partial charge in [-0.05, 0) is 11.6 Å². The van der Waals surface area contributed by atoms with Crippen LogP contribution in [0.4, 0.5) is 15.6 Å². The number of thiazole rings is 1. The van der Waals surface area contributed by atoms with E-state index in [4.69, 9.17) is 4.74 Å². The van der Waals surface area contributed by atoms with Crippen LogP contribution in [0, 0.1) is 0 Å². The van der Waals surface area contributed by atoms with Crippen LogP contribution < -0.4 is 15.0 Å². The number of hydrogen-bond acceptors (Lipinski definition) is 6. The Bertz CT molecular complexity index is 1010. The summed E-state index contributed by atoms with van der Waals surface area (Å²) in [5.74, 6) is 0.110. The SMILES string of the molecule is COc1ccc(NC(=O)c2csc(N3CCN(Cc4ccccc4)C3=O)n2)cn1. The number of nitrogens with one attached hydrogen (secondary N) is 1. The molecule has 1 fully saturated rings. The second-order valence-electron chi connectivity index (χ2n) is 6.40. The lowest BCUT2D eigenvalue weighted by molar-refractivity contribution is 0.102. The highest BCUT2D eigenvalue weighted by Gasteiger charge is 2.31. The number of urea groups is 1. The zero-order valence-corrected chi connectivity index (χ0v) is 16.6. The average Bonchev–Trinajstić information content (AvgIpc) is 3.37. The molecule has 0 atom stereocenters. The Hall–Kier alpha value is -3.46. The number of rotatable bonds is 6. The minimum atomic E-state index is -0.354. The van der Waals surface area contributed by atoms with Crippen LogP contribution in [-0.4, -0.2) is 47.0 Å². The van der Waals surface area contributed by atoms with Crippen LogP contribution in [0.3, 0.4) is 0 Å². The molecule has 3 aromatic rings. The van der Waals surface area contributed by atoms with E-state index in [9.17, 15) is 9.59 Å². The van der Waals surface area contributed by atoms with Crippen LogP contribution in [0.25, 0.3) is 0 Å². The number of amides is 3. The minimum absolute atomic E-state index is 0.102.